The van der Waals surface area contributed by atoms with Crippen LogP contribution in [0, 0.1) is 11.8 Å². The van der Waals surface area contributed by atoms with Crippen molar-refractivity contribution in [2.45, 2.75) is 65.0 Å². The first-order valence-electron chi connectivity index (χ1n) is 14.5. The van der Waals surface area contributed by atoms with Crippen LogP contribution in [0.15, 0.2) is 83.1 Å². The van der Waals surface area contributed by atoms with Crippen LogP contribution in [0.25, 0.3) is 5.57 Å². The first-order chi connectivity index (χ1) is 20.9. The lowest BCUT2D eigenvalue weighted by Gasteiger charge is -2.30. The second kappa shape index (κ2) is 15.6. The summed E-state index contributed by atoms with van der Waals surface area (Å²) in [4.78, 5) is 52.1. The van der Waals surface area contributed by atoms with E-state index in [1.54, 1.807) is 56.3 Å². The van der Waals surface area contributed by atoms with E-state index in [0.717, 1.165) is 6.08 Å². The number of amides is 2. The molecule has 10 nitrogen and oxygen atoms in total. The molecule has 3 rings (SSSR count). The van der Waals surface area contributed by atoms with Gasteiger partial charge in [0.15, 0.2) is 11.9 Å². The average Bonchev–Trinajstić information content (AvgIpc) is 2.98. The molecule has 0 fully saturated rings. The first kappa shape index (κ1) is 34.4. The Kier molecular flexibility index (Phi) is 12.2. The Labute approximate surface area is 258 Å². The van der Waals surface area contributed by atoms with E-state index in [4.69, 9.17) is 19.9 Å². The fraction of sp³-hybridized carbons (Fsp3) is 0.412. The van der Waals surface area contributed by atoms with E-state index in [1.165, 1.54) is 20.3 Å². The molecule has 2 aliphatic rings. The van der Waals surface area contributed by atoms with E-state index in [1.807, 2.05) is 19.9 Å². The Morgan fingerprint density at radius 3 is 2.34 bits per heavy atom. The minimum atomic E-state index is -0.998. The van der Waals surface area contributed by atoms with E-state index >= 15 is 0 Å². The van der Waals surface area contributed by atoms with Gasteiger partial charge in [-0.2, -0.15) is 0 Å². The number of aliphatic hydroxyl groups is 1. The number of hydrogen-bond acceptors (Lipinski definition) is 8. The number of methoxy groups -OCH3 is 2. The second-order valence-electron chi connectivity index (χ2n) is 11.3. The van der Waals surface area contributed by atoms with Crippen LogP contribution in [-0.4, -0.2) is 67.3 Å². The Bertz CT molecular complexity index is 1410. The van der Waals surface area contributed by atoms with Crippen LogP contribution >= 0.6 is 0 Å². The summed E-state index contributed by atoms with van der Waals surface area (Å²) < 4.78 is 16.6. The summed E-state index contributed by atoms with van der Waals surface area (Å²) in [5.74, 6) is -2.05. The van der Waals surface area contributed by atoms with Gasteiger partial charge in [0.25, 0.3) is 5.91 Å². The third kappa shape index (κ3) is 8.49. The number of carbonyl (C=O) groups excluding carboxylic acids is 4. The molecule has 236 valence electrons. The molecule has 2 bridgehead atoms. The first-order valence-corrected chi connectivity index (χ1v) is 14.5. The van der Waals surface area contributed by atoms with Crippen molar-refractivity contribution in [2.24, 2.45) is 17.6 Å². The Hall–Kier alpha value is -4.12. The molecule has 2 amide bonds. The van der Waals surface area contributed by atoms with Crippen molar-refractivity contribution < 1.29 is 38.5 Å². The van der Waals surface area contributed by atoms with Gasteiger partial charge in [-0.25, -0.2) is 4.79 Å². The number of Topliss-reactive ketones (excluding diaryl/α,β-unsaturated/α-hetero) is 1. The molecule has 0 unspecified atom stereocenters. The topological polar surface area (TPSA) is 154 Å². The summed E-state index contributed by atoms with van der Waals surface area (Å²) in [6.07, 6.45) is 3.89. The largest absolute Gasteiger partial charge is 0.439 e. The summed E-state index contributed by atoms with van der Waals surface area (Å²) >= 11 is 0. The molecule has 1 aliphatic heterocycles. The van der Waals surface area contributed by atoms with Crippen molar-refractivity contribution in [1.82, 2.24) is 5.32 Å². The summed E-state index contributed by atoms with van der Waals surface area (Å²) in [7, 11) is 2.94. The molecular formula is C34H42N2O8. The third-order valence-corrected chi connectivity index (χ3v) is 7.86. The summed E-state index contributed by atoms with van der Waals surface area (Å²) in [5.41, 5.74) is 7.26. The van der Waals surface area contributed by atoms with Crippen molar-refractivity contribution in [3.63, 3.8) is 0 Å². The predicted octanol–water partition coefficient (Wildman–Crippen LogP) is 3.96. The van der Waals surface area contributed by atoms with E-state index < -0.39 is 48.1 Å². The van der Waals surface area contributed by atoms with E-state index in [0.29, 0.717) is 17.6 Å². The zero-order valence-electron chi connectivity index (χ0n) is 26.0. The molecule has 1 aliphatic carbocycles. The second-order valence-corrected chi connectivity index (χ2v) is 11.3. The van der Waals surface area contributed by atoms with Crippen molar-refractivity contribution in [2.75, 3.05) is 14.2 Å². The van der Waals surface area contributed by atoms with Gasteiger partial charge >= 0.3 is 6.09 Å². The maximum atomic E-state index is 13.8. The molecule has 1 heterocycles. The van der Waals surface area contributed by atoms with Gasteiger partial charge in [-0.3, -0.25) is 14.4 Å². The lowest BCUT2D eigenvalue weighted by molar-refractivity contribution is -0.119. The highest BCUT2D eigenvalue weighted by Crippen LogP contribution is 2.33. The molecule has 0 saturated carbocycles. The van der Waals surface area contributed by atoms with Gasteiger partial charge in [0.2, 0.25) is 5.78 Å². The standard InChI is InChI=1S/C34H42N2O8/c1-19-15-24-29(23-12-8-7-9-13-23)26(37)18-25(31(24)39)36-33(40)20(2)11-10-14-27(42-5)32(44-34(35)41)22(4)17-21(3)30(38)28(16-19)43-6/h7-14,17-19,21,27-28,30,32,38H,15-16H2,1-6H3,(H2,35,41)(H,36,40)/b14-10-,20-11-,22-17-/t19-,21+,27-,28-,30+,32-/m1/s1. The number of nitrogens with two attached hydrogens (primary N) is 1. The molecule has 6 atom stereocenters. The number of carbonyl (C=O) groups is 4. The highest BCUT2D eigenvalue weighted by molar-refractivity contribution is 6.37. The number of primary amides is 1. The molecule has 1 aromatic rings. The van der Waals surface area contributed by atoms with Crippen LogP contribution in [0.1, 0.15) is 46.1 Å². The average molecular weight is 607 g/mol. The van der Waals surface area contributed by atoms with Gasteiger partial charge in [0.1, 0.15) is 6.10 Å². The SMILES string of the molecule is CO[C@@H]1/C=C\C=C(\C)C(=O)NC2=CC(=O)C(c3ccccc3)=C(C[C@@H](C)C[C@@H](OC)[C@@H](O)[C@@H](C)/C=C(/C)[C@H]1OC(N)=O)C2=O. The van der Waals surface area contributed by atoms with Gasteiger partial charge in [0, 0.05) is 42.9 Å². The Balaban J connectivity index is 2.12. The molecule has 0 spiro atoms. The minimum Gasteiger partial charge on any atom is -0.439 e. The summed E-state index contributed by atoms with van der Waals surface area (Å²) in [6.45, 7) is 7.03. The molecule has 0 radical (unpaired) electrons. The van der Waals surface area contributed by atoms with Crippen LogP contribution in [0.3, 0.4) is 0 Å². The van der Waals surface area contributed by atoms with Crippen LogP contribution < -0.4 is 11.1 Å². The van der Waals surface area contributed by atoms with Gasteiger partial charge in [0.05, 0.1) is 17.9 Å². The molecule has 0 aromatic heterocycles. The zero-order chi connectivity index (χ0) is 32.6. The number of nitrogens with one attached hydrogen (secondary N) is 1. The van der Waals surface area contributed by atoms with Gasteiger partial charge in [-0.05, 0) is 43.7 Å². The maximum Gasteiger partial charge on any atom is 0.405 e. The Morgan fingerprint density at radius 1 is 1.05 bits per heavy atom. The van der Waals surface area contributed by atoms with Crippen LogP contribution in [-0.2, 0) is 28.6 Å². The molecule has 44 heavy (non-hydrogen) atoms. The molecule has 1 aromatic carbocycles. The number of hydrogen-bond donors (Lipinski definition) is 3. The minimum absolute atomic E-state index is 0.113. The molecule has 10 heteroatoms. The molecular weight excluding hydrogens is 564 g/mol. The number of fused-ring (bicyclic) bond motifs is 2. The van der Waals surface area contributed by atoms with Crippen LogP contribution in [0.2, 0.25) is 0 Å². The summed E-state index contributed by atoms with van der Waals surface area (Å²) in [6, 6.07) is 8.94. The highest BCUT2D eigenvalue weighted by Gasteiger charge is 2.33. The maximum absolute atomic E-state index is 13.8. The van der Waals surface area contributed by atoms with Gasteiger partial charge < -0.3 is 30.4 Å². The smallest absolute Gasteiger partial charge is 0.405 e. The van der Waals surface area contributed by atoms with Crippen molar-refractivity contribution in [3.8, 4) is 0 Å². The predicted molar refractivity (Wildman–Crippen MR) is 166 cm³/mol. The Morgan fingerprint density at radius 2 is 1.73 bits per heavy atom. The van der Waals surface area contributed by atoms with Crippen molar-refractivity contribution in [1.29, 1.82) is 0 Å². The van der Waals surface area contributed by atoms with Crippen molar-refractivity contribution in [3.05, 3.63) is 88.7 Å². The highest BCUT2D eigenvalue weighted by atomic mass is 16.6. The van der Waals surface area contributed by atoms with Crippen LogP contribution in [0.5, 0.6) is 0 Å². The van der Waals surface area contributed by atoms with Gasteiger partial charge in [-0.1, -0.05) is 68.5 Å². The lowest BCUT2D eigenvalue weighted by atomic mass is 9.81. The quantitative estimate of drug-likeness (QED) is 0.344. The molecule has 0 saturated heterocycles. The number of allylic oxidation sites excluding steroid dienone is 5. The number of benzene rings is 1. The monoisotopic (exact) mass is 606 g/mol. The number of ketones is 2. The number of ether oxygens (including phenoxy) is 3. The zero-order valence-corrected chi connectivity index (χ0v) is 26.0. The van der Waals surface area contributed by atoms with Crippen molar-refractivity contribution >= 4 is 29.1 Å². The molecule has 4 N–H and O–H groups in total. The van der Waals surface area contributed by atoms with Crippen LogP contribution in [0.4, 0.5) is 4.79 Å². The fourth-order valence-corrected chi connectivity index (χ4v) is 5.51. The van der Waals surface area contributed by atoms with Gasteiger partial charge in [-0.15, -0.1) is 0 Å². The lowest BCUT2D eigenvalue weighted by Crippen LogP contribution is -2.37. The third-order valence-electron chi connectivity index (χ3n) is 7.86. The number of aliphatic hydroxyl groups excluding tert-OH is 1. The van der Waals surface area contributed by atoms with E-state index in [9.17, 15) is 24.3 Å². The van der Waals surface area contributed by atoms with E-state index in [-0.39, 0.29) is 40.5 Å². The fourth-order valence-electron chi connectivity index (χ4n) is 5.51. The summed E-state index contributed by atoms with van der Waals surface area (Å²) in [5, 5.41) is 13.9. The normalized spacial score (nSPS) is 30.8. The number of rotatable bonds is 4. The van der Waals surface area contributed by atoms with E-state index in [2.05, 4.69) is 5.32 Å².